The Hall–Kier alpha value is -2.50. The van der Waals surface area contributed by atoms with E-state index in [0.717, 1.165) is 23.5 Å². The van der Waals surface area contributed by atoms with Crippen LogP contribution in [0.3, 0.4) is 0 Å². The van der Waals surface area contributed by atoms with Gasteiger partial charge in [-0.2, -0.15) is 0 Å². The van der Waals surface area contributed by atoms with Crippen LogP contribution in [0.5, 0.6) is 0 Å². The number of allylic oxidation sites excluding steroid dienone is 8. The monoisotopic (exact) mass is 337 g/mol. The molecule has 2 aliphatic heterocycles. The number of fused-ring (bicyclic) bond motifs is 4. The molecule has 0 amide bonds. The van der Waals surface area contributed by atoms with Crippen molar-refractivity contribution in [3.8, 4) is 0 Å². The van der Waals surface area contributed by atoms with Crippen LogP contribution in [0.15, 0.2) is 82.5 Å². The van der Waals surface area contributed by atoms with E-state index in [1.165, 1.54) is 16.7 Å². The quantitative estimate of drug-likeness (QED) is 0.752. The van der Waals surface area contributed by atoms with Crippen molar-refractivity contribution >= 4 is 0 Å². The number of hydrazine groups is 1. The molecule has 0 saturated carbocycles. The molecule has 4 rings (SSSR count). The second-order valence-electron chi connectivity index (χ2n) is 6.66. The molecular formula is C20H23N3O2. The minimum atomic E-state index is -0.00181. The minimum Gasteiger partial charge on any atom is -0.489 e. The zero-order valence-electron chi connectivity index (χ0n) is 14.6. The van der Waals surface area contributed by atoms with E-state index in [1.807, 2.05) is 20.2 Å². The molecule has 0 bridgehead atoms. The summed E-state index contributed by atoms with van der Waals surface area (Å²) in [5.41, 5.74) is 13.4. The van der Waals surface area contributed by atoms with Gasteiger partial charge in [0.2, 0.25) is 0 Å². The summed E-state index contributed by atoms with van der Waals surface area (Å²) in [6, 6.07) is 0. The molecule has 5 nitrogen and oxygen atoms in total. The van der Waals surface area contributed by atoms with E-state index in [2.05, 4.69) is 52.2 Å². The van der Waals surface area contributed by atoms with Crippen molar-refractivity contribution in [2.24, 2.45) is 0 Å². The molecule has 0 aromatic rings. The lowest BCUT2D eigenvalue weighted by Gasteiger charge is -2.24. The molecular weight excluding hydrogens is 314 g/mol. The minimum absolute atomic E-state index is 0.00181. The maximum Gasteiger partial charge on any atom is 0.149 e. The van der Waals surface area contributed by atoms with Gasteiger partial charge in [0.1, 0.15) is 6.10 Å². The van der Waals surface area contributed by atoms with Crippen LogP contribution in [-0.2, 0) is 9.47 Å². The SMILES string of the molecule is CN(C)CCOCC1=CC2=C(NN1)C1=CC3=CC=COC3C1=CC=C2. The Morgan fingerprint density at radius 1 is 1.16 bits per heavy atom. The van der Waals surface area contributed by atoms with Gasteiger partial charge in [0, 0.05) is 23.3 Å². The third-order valence-corrected chi connectivity index (χ3v) is 4.52. The van der Waals surface area contributed by atoms with E-state index in [0.29, 0.717) is 13.2 Å². The molecule has 130 valence electrons. The first-order valence-corrected chi connectivity index (χ1v) is 8.54. The molecule has 0 fully saturated rings. The fraction of sp³-hybridized carbons (Fsp3) is 0.300. The average Bonchev–Trinajstić information content (AvgIpc) is 2.88. The summed E-state index contributed by atoms with van der Waals surface area (Å²) in [5, 5.41) is 0. The van der Waals surface area contributed by atoms with Crippen LogP contribution >= 0.6 is 0 Å². The highest BCUT2D eigenvalue weighted by molar-refractivity contribution is 5.67. The van der Waals surface area contributed by atoms with Gasteiger partial charge in [-0.1, -0.05) is 24.3 Å². The van der Waals surface area contributed by atoms with Crippen LogP contribution < -0.4 is 10.9 Å². The standard InChI is InChI=1S/C20H23N3O2/c1-23(2)8-10-24-13-16-11-14-5-3-7-17-18(19(14)22-21-16)12-15-6-4-9-25-20(15)17/h3-7,9,11-12,20-22H,8,10,13H2,1-2H3. The molecule has 2 N–H and O–H groups in total. The molecule has 25 heavy (non-hydrogen) atoms. The largest absolute Gasteiger partial charge is 0.489 e. The number of ether oxygens (including phenoxy) is 2. The maximum absolute atomic E-state index is 5.80. The first-order valence-electron chi connectivity index (χ1n) is 8.54. The molecule has 2 aliphatic carbocycles. The van der Waals surface area contributed by atoms with E-state index >= 15 is 0 Å². The van der Waals surface area contributed by atoms with Crippen LogP contribution in [0.2, 0.25) is 0 Å². The smallest absolute Gasteiger partial charge is 0.149 e. The normalized spacial score (nSPS) is 23.2. The number of hydrogen-bond acceptors (Lipinski definition) is 5. The van der Waals surface area contributed by atoms with E-state index in [4.69, 9.17) is 9.47 Å². The summed E-state index contributed by atoms with van der Waals surface area (Å²) in [5.74, 6) is 0. The molecule has 0 aromatic carbocycles. The maximum atomic E-state index is 5.80. The fourth-order valence-corrected chi connectivity index (χ4v) is 3.23. The molecule has 4 aliphatic rings. The third kappa shape index (κ3) is 3.21. The highest BCUT2D eigenvalue weighted by Crippen LogP contribution is 2.40. The Balaban J connectivity index is 1.53. The zero-order chi connectivity index (χ0) is 17.2. The van der Waals surface area contributed by atoms with E-state index in [9.17, 15) is 0 Å². The second kappa shape index (κ2) is 6.78. The van der Waals surface area contributed by atoms with Crippen molar-refractivity contribution in [1.29, 1.82) is 0 Å². The molecule has 0 radical (unpaired) electrons. The van der Waals surface area contributed by atoms with Gasteiger partial charge in [0.05, 0.1) is 30.9 Å². The lowest BCUT2D eigenvalue weighted by atomic mass is 10.0. The van der Waals surface area contributed by atoms with Gasteiger partial charge in [-0.05, 0) is 37.9 Å². The number of nitrogens with one attached hydrogen (secondary N) is 2. The average molecular weight is 337 g/mol. The highest BCUT2D eigenvalue weighted by Gasteiger charge is 2.33. The molecule has 0 spiro atoms. The van der Waals surface area contributed by atoms with Crippen LogP contribution in [0.4, 0.5) is 0 Å². The van der Waals surface area contributed by atoms with Gasteiger partial charge in [-0.15, -0.1) is 0 Å². The summed E-state index contributed by atoms with van der Waals surface area (Å²) in [4.78, 5) is 2.11. The van der Waals surface area contributed by atoms with Gasteiger partial charge < -0.3 is 19.8 Å². The summed E-state index contributed by atoms with van der Waals surface area (Å²) >= 11 is 0. The molecule has 1 unspecified atom stereocenters. The lowest BCUT2D eigenvalue weighted by molar-refractivity contribution is 0.132. The van der Waals surface area contributed by atoms with Crippen molar-refractivity contribution in [2.75, 3.05) is 33.9 Å². The van der Waals surface area contributed by atoms with Crippen molar-refractivity contribution < 1.29 is 9.47 Å². The number of nitrogens with zero attached hydrogens (tertiary/aromatic N) is 1. The predicted octanol–water partition coefficient (Wildman–Crippen LogP) is 2.09. The van der Waals surface area contributed by atoms with Crippen molar-refractivity contribution in [3.05, 3.63) is 82.5 Å². The molecule has 5 heteroatoms. The van der Waals surface area contributed by atoms with Crippen molar-refractivity contribution in [3.63, 3.8) is 0 Å². The molecule has 1 atom stereocenters. The van der Waals surface area contributed by atoms with Crippen molar-refractivity contribution in [2.45, 2.75) is 6.10 Å². The Kier molecular flexibility index (Phi) is 4.34. The van der Waals surface area contributed by atoms with Gasteiger partial charge in [-0.25, -0.2) is 0 Å². The Morgan fingerprint density at radius 2 is 2.08 bits per heavy atom. The van der Waals surface area contributed by atoms with Gasteiger partial charge in [0.25, 0.3) is 0 Å². The zero-order valence-corrected chi connectivity index (χ0v) is 14.6. The second-order valence-corrected chi connectivity index (χ2v) is 6.66. The van der Waals surface area contributed by atoms with Crippen LogP contribution in [0.1, 0.15) is 0 Å². The van der Waals surface area contributed by atoms with Crippen LogP contribution in [0, 0.1) is 0 Å². The molecule has 0 aromatic heterocycles. The summed E-state index contributed by atoms with van der Waals surface area (Å²) in [7, 11) is 4.09. The first-order chi connectivity index (χ1) is 12.2. The number of hydrogen-bond donors (Lipinski definition) is 2. The molecule has 0 saturated heterocycles. The molecule has 2 heterocycles. The third-order valence-electron chi connectivity index (χ3n) is 4.52. The van der Waals surface area contributed by atoms with E-state index in [-0.39, 0.29) is 6.10 Å². The van der Waals surface area contributed by atoms with Gasteiger partial charge in [-0.3, -0.25) is 5.43 Å². The predicted molar refractivity (Wildman–Crippen MR) is 98.2 cm³/mol. The van der Waals surface area contributed by atoms with E-state index in [1.54, 1.807) is 6.26 Å². The fourth-order valence-electron chi connectivity index (χ4n) is 3.23. The summed E-state index contributed by atoms with van der Waals surface area (Å²) in [6.07, 6.45) is 16.5. The highest BCUT2D eigenvalue weighted by atomic mass is 16.5. The Morgan fingerprint density at radius 3 is 2.96 bits per heavy atom. The topological polar surface area (TPSA) is 45.8 Å². The van der Waals surface area contributed by atoms with Crippen LogP contribution in [-0.4, -0.2) is 44.9 Å². The van der Waals surface area contributed by atoms with Gasteiger partial charge >= 0.3 is 0 Å². The number of likely N-dealkylation sites (N-methyl/N-ethyl adjacent to an activating group) is 1. The van der Waals surface area contributed by atoms with Crippen LogP contribution in [0.25, 0.3) is 0 Å². The van der Waals surface area contributed by atoms with Gasteiger partial charge in [0.15, 0.2) is 0 Å². The Labute approximate surface area is 148 Å². The summed E-state index contributed by atoms with van der Waals surface area (Å²) in [6.45, 7) is 2.19. The van der Waals surface area contributed by atoms with E-state index < -0.39 is 0 Å². The number of rotatable bonds is 5. The Bertz CT molecular complexity index is 779. The first kappa shape index (κ1) is 16.0. The lowest BCUT2D eigenvalue weighted by Crippen LogP contribution is -2.37. The van der Waals surface area contributed by atoms with Crippen molar-refractivity contribution in [1.82, 2.24) is 15.8 Å². The summed E-state index contributed by atoms with van der Waals surface area (Å²) < 4.78 is 11.5.